The molecule has 2 aliphatic heterocycles. The van der Waals surface area contributed by atoms with E-state index in [-0.39, 0.29) is 11.9 Å². The Kier molecular flexibility index (Phi) is 3.60. The van der Waals surface area contributed by atoms with Gasteiger partial charge in [0, 0.05) is 38.2 Å². The van der Waals surface area contributed by atoms with Gasteiger partial charge in [0.25, 0.3) is 0 Å². The number of carbonyl (C=O) groups excluding carboxylic acids is 1. The lowest BCUT2D eigenvalue weighted by atomic mass is 10.1. The fourth-order valence-corrected chi connectivity index (χ4v) is 3.50. The first-order chi connectivity index (χ1) is 10.8. The number of nitrogens with one attached hydrogen (secondary N) is 1. The lowest BCUT2D eigenvalue weighted by molar-refractivity contribution is -0.128. The largest absolute Gasteiger partial charge is 0.365 e. The molecule has 1 aromatic rings. The molecule has 0 spiro atoms. The van der Waals surface area contributed by atoms with E-state index in [0.717, 1.165) is 31.3 Å². The first-order valence-electron chi connectivity index (χ1n) is 8.42. The highest BCUT2D eigenvalue weighted by atomic mass is 16.2. The van der Waals surface area contributed by atoms with Gasteiger partial charge in [0.2, 0.25) is 5.91 Å². The fourth-order valence-electron chi connectivity index (χ4n) is 3.50. The lowest BCUT2D eigenvalue weighted by Crippen LogP contribution is -2.31. The van der Waals surface area contributed by atoms with Gasteiger partial charge in [-0.25, -0.2) is 9.97 Å². The topological polar surface area (TPSA) is 61.4 Å². The summed E-state index contributed by atoms with van der Waals surface area (Å²) >= 11 is 0. The van der Waals surface area contributed by atoms with Crippen LogP contribution < -0.4 is 10.2 Å². The summed E-state index contributed by atoms with van der Waals surface area (Å²) < 4.78 is 0. The number of aromatic nitrogens is 2. The van der Waals surface area contributed by atoms with Crippen LogP contribution in [0.1, 0.15) is 38.5 Å². The molecule has 3 aliphatic rings. The average molecular weight is 301 g/mol. The summed E-state index contributed by atoms with van der Waals surface area (Å²) in [6.45, 7) is 2.97. The molecule has 0 aromatic carbocycles. The van der Waals surface area contributed by atoms with Gasteiger partial charge in [-0.15, -0.1) is 0 Å². The van der Waals surface area contributed by atoms with Crippen LogP contribution in [0.4, 0.5) is 11.6 Å². The predicted molar refractivity (Wildman–Crippen MR) is 84.9 cm³/mol. The summed E-state index contributed by atoms with van der Waals surface area (Å²) in [5.41, 5.74) is 0. The van der Waals surface area contributed by atoms with Crippen LogP contribution >= 0.6 is 0 Å². The van der Waals surface area contributed by atoms with E-state index in [4.69, 9.17) is 0 Å². The molecule has 1 atom stereocenters. The third-order valence-corrected chi connectivity index (χ3v) is 4.83. The van der Waals surface area contributed by atoms with Crippen molar-refractivity contribution in [1.29, 1.82) is 0 Å². The van der Waals surface area contributed by atoms with Gasteiger partial charge >= 0.3 is 0 Å². The molecule has 1 aliphatic carbocycles. The number of nitrogens with zero attached hydrogens (tertiary/aromatic N) is 4. The fraction of sp³-hybridized carbons (Fsp3) is 0.688. The van der Waals surface area contributed by atoms with E-state index in [9.17, 15) is 4.79 Å². The van der Waals surface area contributed by atoms with Crippen LogP contribution in [0.25, 0.3) is 0 Å². The second kappa shape index (κ2) is 5.74. The van der Waals surface area contributed by atoms with Crippen molar-refractivity contribution in [1.82, 2.24) is 14.9 Å². The molecule has 4 rings (SSSR count). The second-order valence-corrected chi connectivity index (χ2v) is 6.63. The molecule has 3 heterocycles. The van der Waals surface area contributed by atoms with E-state index >= 15 is 0 Å². The number of carbonyl (C=O) groups is 1. The number of piperidine rings is 1. The van der Waals surface area contributed by atoms with E-state index in [1.54, 1.807) is 6.33 Å². The van der Waals surface area contributed by atoms with Gasteiger partial charge < -0.3 is 15.1 Å². The molecule has 2 saturated heterocycles. The van der Waals surface area contributed by atoms with Crippen molar-refractivity contribution in [2.45, 2.75) is 50.6 Å². The Morgan fingerprint density at radius 3 is 2.73 bits per heavy atom. The van der Waals surface area contributed by atoms with Crippen LogP contribution in [0.5, 0.6) is 0 Å². The number of likely N-dealkylation sites (tertiary alicyclic amines) is 1. The molecule has 3 fully saturated rings. The van der Waals surface area contributed by atoms with E-state index in [1.807, 2.05) is 11.0 Å². The van der Waals surface area contributed by atoms with E-state index < -0.39 is 0 Å². The highest BCUT2D eigenvalue weighted by molar-refractivity contribution is 5.80. The Morgan fingerprint density at radius 1 is 1.14 bits per heavy atom. The first-order valence-corrected chi connectivity index (χ1v) is 8.42. The monoisotopic (exact) mass is 301 g/mol. The van der Waals surface area contributed by atoms with Gasteiger partial charge in [0.1, 0.15) is 18.0 Å². The maximum absolute atomic E-state index is 12.0. The Morgan fingerprint density at radius 2 is 1.95 bits per heavy atom. The SMILES string of the molecule is O=C1CC(Nc2cc(N3CCCCC3)ncn2)CN1C1CC1. The molecule has 118 valence electrons. The number of amides is 1. The third kappa shape index (κ3) is 2.87. The van der Waals surface area contributed by atoms with Gasteiger partial charge in [-0.3, -0.25) is 4.79 Å². The van der Waals surface area contributed by atoms with Crippen LogP contribution in [0.15, 0.2) is 12.4 Å². The zero-order valence-corrected chi connectivity index (χ0v) is 12.9. The molecule has 6 nitrogen and oxygen atoms in total. The maximum Gasteiger partial charge on any atom is 0.225 e. The molecule has 22 heavy (non-hydrogen) atoms. The standard InChI is InChI=1S/C16H23N5O/c22-16-8-12(10-21(16)13-4-5-13)19-14-9-15(18-11-17-14)20-6-2-1-3-7-20/h9,11-13H,1-8,10H2,(H,17,18,19). The Labute approximate surface area is 130 Å². The molecule has 6 heteroatoms. The maximum atomic E-state index is 12.0. The predicted octanol–water partition coefficient (Wildman–Crippen LogP) is 1.64. The summed E-state index contributed by atoms with van der Waals surface area (Å²) in [5.74, 6) is 2.12. The van der Waals surface area contributed by atoms with Crippen LogP contribution in [-0.2, 0) is 4.79 Å². The van der Waals surface area contributed by atoms with Gasteiger partial charge in [-0.2, -0.15) is 0 Å². The summed E-state index contributed by atoms with van der Waals surface area (Å²) in [6.07, 6.45) is 8.34. The van der Waals surface area contributed by atoms with Crippen molar-refractivity contribution < 1.29 is 4.79 Å². The third-order valence-electron chi connectivity index (χ3n) is 4.83. The van der Waals surface area contributed by atoms with Crippen molar-refractivity contribution in [2.75, 3.05) is 29.9 Å². The van der Waals surface area contributed by atoms with Gasteiger partial charge in [-0.05, 0) is 32.1 Å². The molecule has 1 aromatic heterocycles. The van der Waals surface area contributed by atoms with Gasteiger partial charge in [0.15, 0.2) is 0 Å². The quantitative estimate of drug-likeness (QED) is 0.916. The number of rotatable bonds is 4. The molecule has 1 saturated carbocycles. The molecule has 1 amide bonds. The average Bonchev–Trinajstić information content (AvgIpc) is 3.33. The molecular formula is C16H23N5O. The summed E-state index contributed by atoms with van der Waals surface area (Å²) in [6, 6.07) is 2.71. The second-order valence-electron chi connectivity index (χ2n) is 6.63. The molecule has 1 N–H and O–H groups in total. The van der Waals surface area contributed by atoms with E-state index in [0.29, 0.717) is 12.5 Å². The lowest BCUT2D eigenvalue weighted by Gasteiger charge is -2.27. The minimum atomic E-state index is 0.178. The van der Waals surface area contributed by atoms with Crippen molar-refractivity contribution in [3.63, 3.8) is 0 Å². The highest BCUT2D eigenvalue weighted by Gasteiger charge is 2.39. The number of hydrogen-bond donors (Lipinski definition) is 1. The van der Waals surface area contributed by atoms with Crippen molar-refractivity contribution >= 4 is 17.5 Å². The summed E-state index contributed by atoms with van der Waals surface area (Å²) in [4.78, 5) is 25.1. The normalized spacial score (nSPS) is 25.6. The first kappa shape index (κ1) is 13.8. The molecule has 0 radical (unpaired) electrons. The van der Waals surface area contributed by atoms with E-state index in [1.165, 1.54) is 32.1 Å². The zero-order chi connectivity index (χ0) is 14.9. The van der Waals surface area contributed by atoms with Crippen LogP contribution in [0, 0.1) is 0 Å². The van der Waals surface area contributed by atoms with Gasteiger partial charge in [0.05, 0.1) is 6.04 Å². The van der Waals surface area contributed by atoms with Crippen LogP contribution in [-0.4, -0.2) is 52.5 Å². The summed E-state index contributed by atoms with van der Waals surface area (Å²) in [5, 5.41) is 3.42. The Balaban J connectivity index is 1.41. The molecule has 1 unspecified atom stereocenters. The Hall–Kier alpha value is -1.85. The highest BCUT2D eigenvalue weighted by Crippen LogP contribution is 2.31. The zero-order valence-electron chi connectivity index (χ0n) is 12.9. The van der Waals surface area contributed by atoms with Crippen molar-refractivity contribution in [3.8, 4) is 0 Å². The minimum Gasteiger partial charge on any atom is -0.365 e. The minimum absolute atomic E-state index is 0.178. The number of hydrogen-bond acceptors (Lipinski definition) is 5. The van der Waals surface area contributed by atoms with Crippen LogP contribution in [0.3, 0.4) is 0 Å². The molecule has 0 bridgehead atoms. The van der Waals surface area contributed by atoms with Crippen molar-refractivity contribution in [3.05, 3.63) is 12.4 Å². The number of anilines is 2. The summed E-state index contributed by atoms with van der Waals surface area (Å²) in [7, 11) is 0. The van der Waals surface area contributed by atoms with Gasteiger partial charge in [-0.1, -0.05) is 0 Å². The Bertz CT molecular complexity index is 553. The molecular weight excluding hydrogens is 278 g/mol. The smallest absolute Gasteiger partial charge is 0.225 e. The van der Waals surface area contributed by atoms with Crippen LogP contribution in [0.2, 0.25) is 0 Å². The van der Waals surface area contributed by atoms with E-state index in [2.05, 4.69) is 20.2 Å². The van der Waals surface area contributed by atoms with Crippen molar-refractivity contribution in [2.24, 2.45) is 0 Å².